The Morgan fingerprint density at radius 1 is 1.20 bits per heavy atom. The second kappa shape index (κ2) is 5.00. The fraction of sp³-hybridized carbons (Fsp3) is 0.235. The second-order valence-corrected chi connectivity index (χ2v) is 5.18. The maximum atomic E-state index is 8.32. The van der Waals surface area contributed by atoms with Crippen LogP contribution in [0.5, 0.6) is 5.75 Å². The molecule has 3 heteroatoms. The maximum absolute atomic E-state index is 8.32. The molecule has 0 saturated heterocycles. The van der Waals surface area contributed by atoms with Gasteiger partial charge in [0.1, 0.15) is 11.6 Å². The molecule has 2 aromatic rings. The number of hydrogen-bond donors (Lipinski definition) is 1. The third-order valence-corrected chi connectivity index (χ3v) is 3.75. The van der Waals surface area contributed by atoms with E-state index < -0.39 is 0 Å². The van der Waals surface area contributed by atoms with Crippen LogP contribution >= 0.6 is 0 Å². The first-order chi connectivity index (χ1) is 9.69. The number of rotatable bonds is 3. The number of aryl methyl sites for hydroxylation is 1. The van der Waals surface area contributed by atoms with Crippen molar-refractivity contribution in [3.63, 3.8) is 0 Å². The van der Waals surface area contributed by atoms with Crippen molar-refractivity contribution in [3.05, 3.63) is 64.7 Å². The van der Waals surface area contributed by atoms with Gasteiger partial charge >= 0.3 is 0 Å². The van der Waals surface area contributed by atoms with Crippen LogP contribution in [0.25, 0.3) is 0 Å². The highest BCUT2D eigenvalue weighted by Crippen LogP contribution is 2.27. The smallest absolute Gasteiger partial charge is 0.129 e. The summed E-state index contributed by atoms with van der Waals surface area (Å²) in [7, 11) is 1.69. The molecule has 0 amide bonds. The third kappa shape index (κ3) is 2.16. The summed E-state index contributed by atoms with van der Waals surface area (Å²) in [4.78, 5) is 2.09. The Balaban J connectivity index is 1.86. The van der Waals surface area contributed by atoms with Crippen LogP contribution in [0.3, 0.4) is 0 Å². The van der Waals surface area contributed by atoms with Crippen LogP contribution in [-0.4, -0.2) is 17.8 Å². The number of nitrogens with zero attached hydrogens (tertiary/aromatic N) is 1. The molecule has 0 spiro atoms. The van der Waals surface area contributed by atoms with E-state index in [0.717, 1.165) is 23.4 Å². The molecule has 0 radical (unpaired) electrons. The van der Waals surface area contributed by atoms with Crippen LogP contribution < -0.4 is 4.74 Å². The highest BCUT2D eigenvalue weighted by molar-refractivity contribution is 6.00. The molecule has 3 rings (SSSR count). The molecule has 102 valence electrons. The molecule has 0 aromatic heterocycles. The highest BCUT2D eigenvalue weighted by atomic mass is 16.5. The third-order valence-electron chi connectivity index (χ3n) is 3.75. The van der Waals surface area contributed by atoms with Gasteiger partial charge in [-0.3, -0.25) is 5.41 Å². The number of ether oxygens (including phenoxy) is 1. The Morgan fingerprint density at radius 2 is 2.00 bits per heavy atom. The number of nitrogens with one attached hydrogen (secondary N) is 1. The summed E-state index contributed by atoms with van der Waals surface area (Å²) in [6.07, 6.45) is 0. The van der Waals surface area contributed by atoms with Crippen molar-refractivity contribution in [2.45, 2.75) is 20.0 Å². The predicted molar refractivity (Wildman–Crippen MR) is 80.2 cm³/mol. The van der Waals surface area contributed by atoms with E-state index in [-0.39, 0.29) is 0 Å². The lowest BCUT2D eigenvalue weighted by atomic mass is 10.1. The molecule has 0 bridgehead atoms. The Morgan fingerprint density at radius 3 is 2.80 bits per heavy atom. The van der Waals surface area contributed by atoms with Gasteiger partial charge in [0, 0.05) is 24.2 Å². The zero-order valence-corrected chi connectivity index (χ0v) is 11.8. The van der Waals surface area contributed by atoms with Crippen molar-refractivity contribution in [3.8, 4) is 5.75 Å². The summed E-state index contributed by atoms with van der Waals surface area (Å²) in [5, 5.41) is 8.32. The average Bonchev–Trinajstić information content (AvgIpc) is 2.75. The van der Waals surface area contributed by atoms with E-state index in [1.165, 1.54) is 11.1 Å². The van der Waals surface area contributed by atoms with Crippen molar-refractivity contribution in [1.29, 1.82) is 5.41 Å². The zero-order valence-electron chi connectivity index (χ0n) is 11.8. The molecular formula is C17H18N2O. The van der Waals surface area contributed by atoms with E-state index in [4.69, 9.17) is 10.1 Å². The van der Waals surface area contributed by atoms with E-state index in [9.17, 15) is 0 Å². The first kappa shape index (κ1) is 12.7. The molecule has 1 aliphatic rings. The van der Waals surface area contributed by atoms with E-state index >= 15 is 0 Å². The van der Waals surface area contributed by atoms with Crippen molar-refractivity contribution < 1.29 is 4.74 Å². The van der Waals surface area contributed by atoms with Gasteiger partial charge < -0.3 is 9.64 Å². The normalized spacial score (nSPS) is 13.5. The summed E-state index contributed by atoms with van der Waals surface area (Å²) in [5.41, 5.74) is 4.65. The molecule has 0 aliphatic carbocycles. The summed E-state index contributed by atoms with van der Waals surface area (Å²) < 4.78 is 5.39. The summed E-state index contributed by atoms with van der Waals surface area (Å²) in [6, 6.07) is 14.3. The largest absolute Gasteiger partial charge is 0.496 e. The van der Waals surface area contributed by atoms with Crippen LogP contribution in [0, 0.1) is 12.3 Å². The minimum Gasteiger partial charge on any atom is -0.496 e. The van der Waals surface area contributed by atoms with E-state index in [1.807, 2.05) is 18.2 Å². The molecule has 2 aromatic carbocycles. The Bertz CT molecular complexity index is 664. The molecule has 20 heavy (non-hydrogen) atoms. The summed E-state index contributed by atoms with van der Waals surface area (Å²) in [6.45, 7) is 3.59. The quantitative estimate of drug-likeness (QED) is 0.925. The Kier molecular flexibility index (Phi) is 3.18. The minimum absolute atomic E-state index is 0.603. The molecule has 0 atom stereocenters. The topological polar surface area (TPSA) is 36.3 Å². The van der Waals surface area contributed by atoms with Crippen LogP contribution in [-0.2, 0) is 13.1 Å². The minimum atomic E-state index is 0.603. The van der Waals surface area contributed by atoms with Gasteiger partial charge in [-0.2, -0.15) is 0 Å². The molecule has 1 N–H and O–H groups in total. The fourth-order valence-electron chi connectivity index (χ4n) is 2.71. The zero-order chi connectivity index (χ0) is 14.1. The van der Waals surface area contributed by atoms with Gasteiger partial charge in [-0.25, -0.2) is 0 Å². The van der Waals surface area contributed by atoms with Gasteiger partial charge in [0.25, 0.3) is 0 Å². The number of amidine groups is 1. The molecule has 0 unspecified atom stereocenters. The Hall–Kier alpha value is -2.29. The number of para-hydroxylation sites is 1. The van der Waals surface area contributed by atoms with Crippen LogP contribution in [0.2, 0.25) is 0 Å². The van der Waals surface area contributed by atoms with Gasteiger partial charge in [-0.05, 0) is 18.6 Å². The van der Waals surface area contributed by atoms with Gasteiger partial charge in [0.2, 0.25) is 0 Å². The van der Waals surface area contributed by atoms with Crippen LogP contribution in [0.4, 0.5) is 0 Å². The Labute approximate surface area is 119 Å². The van der Waals surface area contributed by atoms with Gasteiger partial charge in [-0.15, -0.1) is 0 Å². The molecule has 3 nitrogen and oxygen atoms in total. The lowest BCUT2D eigenvalue weighted by Crippen LogP contribution is -2.23. The number of hydrogen-bond acceptors (Lipinski definition) is 2. The van der Waals surface area contributed by atoms with E-state index in [1.54, 1.807) is 7.11 Å². The second-order valence-electron chi connectivity index (χ2n) is 5.18. The lowest BCUT2D eigenvalue weighted by molar-refractivity contribution is 0.382. The average molecular weight is 266 g/mol. The summed E-state index contributed by atoms with van der Waals surface area (Å²) in [5.74, 6) is 1.48. The molecule has 0 fully saturated rings. The van der Waals surface area contributed by atoms with Gasteiger partial charge in [0.05, 0.1) is 7.11 Å². The first-order valence-corrected chi connectivity index (χ1v) is 6.74. The number of methoxy groups -OCH3 is 1. The van der Waals surface area contributed by atoms with E-state index in [2.05, 4.69) is 36.1 Å². The highest BCUT2D eigenvalue weighted by Gasteiger charge is 2.24. The van der Waals surface area contributed by atoms with Crippen molar-refractivity contribution in [2.24, 2.45) is 0 Å². The SMILES string of the molecule is COc1ccccc1CN1Cc2cc(C)ccc2C1=N. The monoisotopic (exact) mass is 266 g/mol. The van der Waals surface area contributed by atoms with Crippen LogP contribution in [0.1, 0.15) is 22.3 Å². The fourth-order valence-corrected chi connectivity index (χ4v) is 2.71. The number of benzene rings is 2. The van der Waals surface area contributed by atoms with Crippen molar-refractivity contribution in [1.82, 2.24) is 4.90 Å². The first-order valence-electron chi connectivity index (χ1n) is 6.74. The molecule has 1 aliphatic heterocycles. The molecular weight excluding hydrogens is 248 g/mol. The van der Waals surface area contributed by atoms with Gasteiger partial charge in [0.15, 0.2) is 0 Å². The standard InChI is InChI=1S/C17H18N2O/c1-12-7-8-15-14(9-12)11-19(17(15)18)10-13-5-3-4-6-16(13)20-2/h3-9,18H,10-11H2,1-2H3. The van der Waals surface area contributed by atoms with Gasteiger partial charge in [-0.1, -0.05) is 42.0 Å². The van der Waals surface area contributed by atoms with Crippen molar-refractivity contribution in [2.75, 3.05) is 7.11 Å². The number of fused-ring (bicyclic) bond motifs is 1. The van der Waals surface area contributed by atoms with E-state index in [0.29, 0.717) is 12.4 Å². The maximum Gasteiger partial charge on any atom is 0.129 e. The van der Waals surface area contributed by atoms with Crippen molar-refractivity contribution >= 4 is 5.84 Å². The van der Waals surface area contributed by atoms with Crippen LogP contribution in [0.15, 0.2) is 42.5 Å². The molecule has 0 saturated carbocycles. The summed E-state index contributed by atoms with van der Waals surface area (Å²) >= 11 is 0. The molecule has 1 heterocycles. The lowest BCUT2D eigenvalue weighted by Gasteiger charge is -2.19. The predicted octanol–water partition coefficient (Wildman–Crippen LogP) is 3.34.